The fourth-order valence-corrected chi connectivity index (χ4v) is 5.56. The van der Waals surface area contributed by atoms with Crippen molar-refractivity contribution in [3.05, 3.63) is 101 Å². The van der Waals surface area contributed by atoms with Crippen LogP contribution < -0.4 is 10.1 Å². The Morgan fingerprint density at radius 1 is 0.929 bits per heavy atom. The monoisotopic (exact) mass is 562 g/mol. The average molecular weight is 562 g/mol. The van der Waals surface area contributed by atoms with Gasteiger partial charge in [0, 0.05) is 23.9 Å². The molecule has 7 nitrogen and oxygen atoms in total. The maximum absolute atomic E-state index is 13.0. The Morgan fingerprint density at radius 2 is 1.57 bits per heavy atom. The molecular formula is C34H35BN2O5. The molecule has 0 bridgehead atoms. The molecule has 0 spiro atoms. The zero-order valence-electron chi connectivity index (χ0n) is 24.6. The number of hydrogen-bond acceptors (Lipinski definition) is 6. The van der Waals surface area contributed by atoms with Crippen LogP contribution in [0, 0.1) is 0 Å². The molecule has 3 aromatic carbocycles. The van der Waals surface area contributed by atoms with E-state index in [-0.39, 0.29) is 19.1 Å². The first-order valence-electron chi connectivity index (χ1n) is 14.2. The Morgan fingerprint density at radius 3 is 2.21 bits per heavy atom. The van der Waals surface area contributed by atoms with E-state index < -0.39 is 24.4 Å². The number of nitrogens with one attached hydrogen (secondary N) is 1. The van der Waals surface area contributed by atoms with E-state index in [1.54, 1.807) is 7.11 Å². The van der Waals surface area contributed by atoms with E-state index in [1.165, 1.54) is 22.3 Å². The summed E-state index contributed by atoms with van der Waals surface area (Å²) in [4.78, 5) is 17.5. The van der Waals surface area contributed by atoms with E-state index in [9.17, 15) is 4.79 Å². The maximum Gasteiger partial charge on any atom is 0.492 e. The molecule has 1 aliphatic heterocycles. The predicted octanol–water partition coefficient (Wildman–Crippen LogP) is 6.80. The first kappa shape index (κ1) is 28.0. The normalized spacial score (nSPS) is 17.2. The molecule has 1 N–H and O–H groups in total. The second-order valence-corrected chi connectivity index (χ2v) is 11.8. The van der Waals surface area contributed by atoms with Gasteiger partial charge in [0.05, 0.1) is 23.8 Å². The summed E-state index contributed by atoms with van der Waals surface area (Å²) in [7, 11) is 0.972. The van der Waals surface area contributed by atoms with Gasteiger partial charge < -0.3 is 24.1 Å². The number of benzene rings is 3. The average Bonchev–Trinajstić information content (AvgIpc) is 3.42. The molecule has 0 saturated carbocycles. The summed E-state index contributed by atoms with van der Waals surface area (Å²) in [6.45, 7) is 8.50. The Balaban J connectivity index is 1.20. The molecule has 1 aliphatic carbocycles. The number of aromatic nitrogens is 1. The van der Waals surface area contributed by atoms with Crippen molar-refractivity contribution in [3.8, 4) is 17.0 Å². The third kappa shape index (κ3) is 5.28. The number of alkyl carbamates (subject to hydrolysis) is 1. The molecule has 2 heterocycles. The van der Waals surface area contributed by atoms with E-state index in [4.69, 9.17) is 18.8 Å². The van der Waals surface area contributed by atoms with Crippen LogP contribution in [0.5, 0.6) is 5.88 Å². The molecule has 1 fully saturated rings. The number of hydrogen-bond donors (Lipinski definition) is 1. The van der Waals surface area contributed by atoms with Crippen molar-refractivity contribution in [1.29, 1.82) is 0 Å². The van der Waals surface area contributed by atoms with Crippen LogP contribution in [0.25, 0.3) is 28.1 Å². The molecule has 214 valence electrons. The molecule has 42 heavy (non-hydrogen) atoms. The Hall–Kier alpha value is -4.14. The maximum atomic E-state index is 13.0. The zero-order chi connectivity index (χ0) is 29.5. The van der Waals surface area contributed by atoms with Gasteiger partial charge in [0.15, 0.2) is 0 Å². The third-order valence-corrected chi connectivity index (χ3v) is 8.59. The lowest BCUT2D eigenvalue weighted by Crippen LogP contribution is -2.41. The predicted molar refractivity (Wildman–Crippen MR) is 165 cm³/mol. The van der Waals surface area contributed by atoms with Crippen LogP contribution in [0.3, 0.4) is 0 Å². The van der Waals surface area contributed by atoms with Crippen LogP contribution in [0.2, 0.25) is 0 Å². The first-order chi connectivity index (χ1) is 20.1. The van der Waals surface area contributed by atoms with Crippen molar-refractivity contribution in [2.75, 3.05) is 20.3 Å². The second kappa shape index (κ2) is 10.9. The standard InChI is InChI=1S/C34H35BN2O5/c1-33(2)34(3,4)42-35(41-33)24(19-22-14-16-30-23(18-22)15-17-31(37-30)39-5)20-36-32(38)40-21-29-27-12-8-6-10-25(27)26-11-7-9-13-28(26)29/h6-19,29H,20-21H2,1-5H3,(H,36,38). The molecule has 6 rings (SSSR count). The Labute approximate surface area is 247 Å². The fraction of sp³-hybridized carbons (Fsp3) is 0.294. The lowest BCUT2D eigenvalue weighted by Gasteiger charge is -2.32. The number of ether oxygens (including phenoxy) is 2. The molecular weight excluding hydrogens is 527 g/mol. The van der Waals surface area contributed by atoms with Crippen LogP contribution in [-0.2, 0) is 14.0 Å². The number of fused-ring (bicyclic) bond motifs is 4. The highest BCUT2D eigenvalue weighted by Gasteiger charge is 2.52. The quantitative estimate of drug-likeness (QED) is 0.250. The number of pyridine rings is 1. The van der Waals surface area contributed by atoms with Crippen molar-refractivity contribution in [2.45, 2.75) is 44.8 Å². The van der Waals surface area contributed by atoms with Crippen molar-refractivity contribution < 1.29 is 23.6 Å². The minimum absolute atomic E-state index is 0.00825. The number of methoxy groups -OCH3 is 1. The SMILES string of the molecule is COc1ccc2cc(C=C(CNC(=O)OCC3c4ccccc4-c4ccccc43)B3OC(C)(C)C(C)(C)O3)ccc2n1. The molecule has 1 amide bonds. The summed E-state index contributed by atoms with van der Waals surface area (Å²) in [5, 5.41) is 3.91. The van der Waals surface area contributed by atoms with Crippen molar-refractivity contribution >= 4 is 30.2 Å². The molecule has 1 saturated heterocycles. The lowest BCUT2D eigenvalue weighted by atomic mass is 9.77. The van der Waals surface area contributed by atoms with Gasteiger partial charge in [0.1, 0.15) is 6.61 Å². The molecule has 0 atom stereocenters. The summed E-state index contributed by atoms with van der Waals surface area (Å²) in [5.41, 5.74) is 6.24. The minimum atomic E-state index is -0.631. The molecule has 4 aromatic rings. The Bertz CT molecular complexity index is 1620. The second-order valence-electron chi connectivity index (χ2n) is 11.8. The van der Waals surface area contributed by atoms with Gasteiger partial charge in [-0.15, -0.1) is 0 Å². The van der Waals surface area contributed by atoms with Gasteiger partial charge in [-0.1, -0.05) is 60.7 Å². The van der Waals surface area contributed by atoms with Crippen LogP contribution in [0.1, 0.15) is 50.3 Å². The third-order valence-electron chi connectivity index (χ3n) is 8.59. The van der Waals surface area contributed by atoms with Gasteiger partial charge in [0.2, 0.25) is 5.88 Å². The van der Waals surface area contributed by atoms with E-state index in [1.807, 2.05) is 88.4 Å². The smallest absolute Gasteiger partial charge is 0.481 e. The fourth-order valence-electron chi connectivity index (χ4n) is 5.56. The minimum Gasteiger partial charge on any atom is -0.481 e. The largest absolute Gasteiger partial charge is 0.492 e. The van der Waals surface area contributed by atoms with Gasteiger partial charge in [0.25, 0.3) is 0 Å². The van der Waals surface area contributed by atoms with Crippen molar-refractivity contribution in [3.63, 3.8) is 0 Å². The molecule has 0 unspecified atom stereocenters. The van der Waals surface area contributed by atoms with Gasteiger partial charge in [-0.05, 0) is 79.2 Å². The number of amides is 1. The number of carbonyl (C=O) groups excluding carboxylic acids is 1. The Kier molecular flexibility index (Phi) is 7.29. The summed E-state index contributed by atoms with van der Waals surface area (Å²) in [6, 6.07) is 26.4. The van der Waals surface area contributed by atoms with E-state index in [0.29, 0.717) is 5.88 Å². The summed E-state index contributed by atoms with van der Waals surface area (Å²) in [5.74, 6) is 0.557. The number of carbonyl (C=O) groups is 1. The summed E-state index contributed by atoms with van der Waals surface area (Å²) >= 11 is 0. The number of rotatable bonds is 7. The van der Waals surface area contributed by atoms with Gasteiger partial charge in [-0.25, -0.2) is 9.78 Å². The summed E-state index contributed by atoms with van der Waals surface area (Å²) in [6.07, 6.45) is 1.50. The van der Waals surface area contributed by atoms with Crippen LogP contribution in [0.15, 0.2) is 84.3 Å². The number of nitrogens with zero attached hydrogens (tertiary/aromatic N) is 1. The topological polar surface area (TPSA) is 78.9 Å². The summed E-state index contributed by atoms with van der Waals surface area (Å²) < 4.78 is 23.8. The highest BCUT2D eigenvalue weighted by atomic mass is 16.7. The van der Waals surface area contributed by atoms with Crippen LogP contribution >= 0.6 is 0 Å². The van der Waals surface area contributed by atoms with Crippen molar-refractivity contribution in [1.82, 2.24) is 10.3 Å². The van der Waals surface area contributed by atoms with Gasteiger partial charge >= 0.3 is 13.2 Å². The molecule has 8 heteroatoms. The van der Waals surface area contributed by atoms with E-state index in [0.717, 1.165) is 21.9 Å². The van der Waals surface area contributed by atoms with E-state index in [2.05, 4.69) is 34.6 Å². The molecule has 2 aliphatic rings. The highest BCUT2D eigenvalue weighted by Crippen LogP contribution is 2.44. The van der Waals surface area contributed by atoms with Crippen LogP contribution in [-0.4, -0.2) is 49.7 Å². The van der Waals surface area contributed by atoms with Gasteiger partial charge in [-0.3, -0.25) is 0 Å². The van der Waals surface area contributed by atoms with Crippen molar-refractivity contribution in [2.24, 2.45) is 0 Å². The first-order valence-corrected chi connectivity index (χ1v) is 14.2. The molecule has 1 aromatic heterocycles. The van der Waals surface area contributed by atoms with E-state index >= 15 is 0 Å². The lowest BCUT2D eigenvalue weighted by molar-refractivity contribution is 0.00578. The van der Waals surface area contributed by atoms with Gasteiger partial charge in [-0.2, -0.15) is 0 Å². The van der Waals surface area contributed by atoms with Crippen LogP contribution in [0.4, 0.5) is 4.79 Å². The molecule has 0 radical (unpaired) electrons. The highest BCUT2D eigenvalue weighted by molar-refractivity contribution is 6.56. The zero-order valence-corrected chi connectivity index (χ0v) is 24.6.